The highest BCUT2D eigenvalue weighted by atomic mass is 32.2. The third-order valence-electron chi connectivity index (χ3n) is 4.55. The molecule has 0 bridgehead atoms. The van der Waals surface area contributed by atoms with Crippen LogP contribution in [-0.4, -0.2) is 36.1 Å². The third kappa shape index (κ3) is 3.83. The van der Waals surface area contributed by atoms with E-state index in [1.165, 1.54) is 28.6 Å². The summed E-state index contributed by atoms with van der Waals surface area (Å²) in [6.45, 7) is 1.97. The van der Waals surface area contributed by atoms with Gasteiger partial charge in [0.05, 0.1) is 15.5 Å². The molecule has 1 unspecified atom stereocenters. The number of hydrogen-bond acceptors (Lipinski definition) is 5. The summed E-state index contributed by atoms with van der Waals surface area (Å²) in [4.78, 5) is 23.3. The Morgan fingerprint density at radius 2 is 1.93 bits per heavy atom. The number of sulfonamides is 1. The van der Waals surface area contributed by atoms with E-state index in [9.17, 15) is 23.3 Å². The normalized spacial score (nSPS) is 17.6. The van der Waals surface area contributed by atoms with Crippen molar-refractivity contribution in [2.45, 2.75) is 30.7 Å². The lowest BCUT2D eigenvalue weighted by molar-refractivity contribution is -0.384. The largest absolute Gasteiger partial charge is 0.324 e. The van der Waals surface area contributed by atoms with Gasteiger partial charge in [0.1, 0.15) is 6.04 Å². The average molecular weight is 389 g/mol. The van der Waals surface area contributed by atoms with E-state index in [1.807, 2.05) is 0 Å². The lowest BCUT2D eigenvalue weighted by Crippen LogP contribution is -2.43. The summed E-state index contributed by atoms with van der Waals surface area (Å²) in [5, 5.41) is 13.6. The quantitative estimate of drug-likeness (QED) is 0.624. The molecule has 1 atom stereocenters. The molecule has 142 valence electrons. The summed E-state index contributed by atoms with van der Waals surface area (Å²) < 4.78 is 26.9. The van der Waals surface area contributed by atoms with Gasteiger partial charge in [-0.05, 0) is 37.5 Å². The van der Waals surface area contributed by atoms with Gasteiger partial charge in [-0.1, -0.05) is 24.3 Å². The zero-order chi connectivity index (χ0) is 19.6. The number of nitrogens with one attached hydrogen (secondary N) is 1. The molecule has 0 aromatic heterocycles. The van der Waals surface area contributed by atoms with Gasteiger partial charge in [-0.3, -0.25) is 14.9 Å². The van der Waals surface area contributed by atoms with Crippen LogP contribution in [-0.2, 0) is 14.8 Å². The number of aryl methyl sites for hydroxylation is 1. The number of nitro benzene ring substituents is 1. The Morgan fingerprint density at radius 1 is 1.22 bits per heavy atom. The zero-order valence-electron chi connectivity index (χ0n) is 14.7. The Morgan fingerprint density at radius 3 is 2.59 bits per heavy atom. The first-order valence-electron chi connectivity index (χ1n) is 8.43. The Kier molecular flexibility index (Phi) is 5.24. The summed E-state index contributed by atoms with van der Waals surface area (Å²) in [6.07, 6.45) is 0.962. The standard InChI is InChI=1S/C18H19N3O5S/c1-13-9-10-14(21(23)24)12-16(13)19-18(22)17-8-5-11-20(17)27(25,26)15-6-3-2-4-7-15/h2-4,6-7,9-10,12,17H,5,8,11H2,1H3,(H,19,22). The van der Waals surface area contributed by atoms with Gasteiger partial charge in [0.15, 0.2) is 0 Å². The SMILES string of the molecule is Cc1ccc([N+](=O)[O-])cc1NC(=O)C1CCCN1S(=O)(=O)c1ccccc1. The minimum absolute atomic E-state index is 0.135. The molecule has 1 saturated heterocycles. The molecule has 1 N–H and O–H groups in total. The number of rotatable bonds is 5. The number of anilines is 1. The highest BCUT2D eigenvalue weighted by Crippen LogP contribution is 2.28. The molecule has 0 aliphatic carbocycles. The summed E-state index contributed by atoms with van der Waals surface area (Å²) in [6, 6.07) is 11.3. The van der Waals surface area contributed by atoms with Crippen molar-refractivity contribution in [1.29, 1.82) is 0 Å². The highest BCUT2D eigenvalue weighted by molar-refractivity contribution is 7.89. The predicted octanol–water partition coefficient (Wildman–Crippen LogP) is 2.70. The van der Waals surface area contributed by atoms with E-state index in [1.54, 1.807) is 31.2 Å². The molecule has 27 heavy (non-hydrogen) atoms. The van der Waals surface area contributed by atoms with Crippen LogP contribution in [0.4, 0.5) is 11.4 Å². The second-order valence-corrected chi connectivity index (χ2v) is 8.22. The van der Waals surface area contributed by atoms with Crippen LogP contribution < -0.4 is 5.32 Å². The first-order valence-corrected chi connectivity index (χ1v) is 9.87. The van der Waals surface area contributed by atoms with E-state index < -0.39 is 26.9 Å². The monoisotopic (exact) mass is 389 g/mol. The molecule has 1 fully saturated rings. The summed E-state index contributed by atoms with van der Waals surface area (Å²) in [7, 11) is -3.79. The number of nitro groups is 1. The number of carbonyl (C=O) groups excluding carboxylic acids is 1. The van der Waals surface area contributed by atoms with Crippen LogP contribution in [0, 0.1) is 17.0 Å². The lowest BCUT2D eigenvalue weighted by Gasteiger charge is -2.23. The molecule has 9 heteroatoms. The van der Waals surface area contributed by atoms with Crippen molar-refractivity contribution >= 4 is 27.3 Å². The Labute approximate surface area is 157 Å². The molecule has 1 heterocycles. The second-order valence-electron chi connectivity index (χ2n) is 6.33. The molecule has 3 rings (SSSR count). The number of non-ortho nitro benzene ring substituents is 1. The molecule has 2 aromatic rings. The summed E-state index contributed by atoms with van der Waals surface area (Å²) >= 11 is 0. The van der Waals surface area contributed by atoms with Crippen LogP contribution >= 0.6 is 0 Å². The molecule has 8 nitrogen and oxygen atoms in total. The number of hydrogen-bond donors (Lipinski definition) is 1. The third-order valence-corrected chi connectivity index (χ3v) is 6.47. The van der Waals surface area contributed by atoms with Gasteiger partial charge in [-0.2, -0.15) is 4.31 Å². The van der Waals surface area contributed by atoms with Crippen molar-refractivity contribution in [3.8, 4) is 0 Å². The van der Waals surface area contributed by atoms with Crippen LogP contribution in [0.3, 0.4) is 0 Å². The predicted molar refractivity (Wildman–Crippen MR) is 99.8 cm³/mol. The van der Waals surface area contributed by atoms with Crippen molar-refractivity contribution in [1.82, 2.24) is 4.31 Å². The van der Waals surface area contributed by atoms with Gasteiger partial charge in [-0.15, -0.1) is 0 Å². The average Bonchev–Trinajstić information content (AvgIpc) is 3.15. The van der Waals surface area contributed by atoms with Gasteiger partial charge in [0.2, 0.25) is 15.9 Å². The minimum Gasteiger partial charge on any atom is -0.324 e. The Hall–Kier alpha value is -2.78. The van der Waals surface area contributed by atoms with Crippen molar-refractivity contribution in [2.75, 3.05) is 11.9 Å². The van der Waals surface area contributed by atoms with Crippen molar-refractivity contribution in [3.63, 3.8) is 0 Å². The zero-order valence-corrected chi connectivity index (χ0v) is 15.5. The fourth-order valence-electron chi connectivity index (χ4n) is 3.09. The topological polar surface area (TPSA) is 110 Å². The van der Waals surface area contributed by atoms with Gasteiger partial charge in [0.25, 0.3) is 5.69 Å². The van der Waals surface area contributed by atoms with E-state index in [2.05, 4.69) is 5.32 Å². The molecule has 2 aromatic carbocycles. The molecule has 1 aliphatic rings. The van der Waals surface area contributed by atoms with E-state index in [0.29, 0.717) is 24.1 Å². The smallest absolute Gasteiger partial charge is 0.271 e. The van der Waals surface area contributed by atoms with Crippen LogP contribution in [0.25, 0.3) is 0 Å². The molecule has 0 spiro atoms. The molecular formula is C18H19N3O5S. The highest BCUT2D eigenvalue weighted by Gasteiger charge is 2.39. The Bertz CT molecular complexity index is 976. The fourth-order valence-corrected chi connectivity index (χ4v) is 4.77. The minimum atomic E-state index is -3.79. The number of nitrogens with zero attached hydrogens (tertiary/aromatic N) is 2. The number of amides is 1. The van der Waals surface area contributed by atoms with Gasteiger partial charge >= 0.3 is 0 Å². The van der Waals surface area contributed by atoms with E-state index >= 15 is 0 Å². The molecule has 1 aliphatic heterocycles. The molecule has 0 saturated carbocycles. The van der Waals surface area contributed by atoms with Gasteiger partial charge in [-0.25, -0.2) is 8.42 Å². The molecule has 1 amide bonds. The summed E-state index contributed by atoms with van der Waals surface area (Å²) in [5.41, 5.74) is 0.818. The van der Waals surface area contributed by atoms with Crippen LogP contribution in [0.15, 0.2) is 53.4 Å². The maximum atomic E-state index is 12.9. The second kappa shape index (κ2) is 7.45. The van der Waals surface area contributed by atoms with Crippen molar-refractivity contribution in [2.24, 2.45) is 0 Å². The maximum Gasteiger partial charge on any atom is 0.271 e. The van der Waals surface area contributed by atoms with Crippen LogP contribution in [0.2, 0.25) is 0 Å². The fraction of sp³-hybridized carbons (Fsp3) is 0.278. The van der Waals surface area contributed by atoms with Crippen molar-refractivity contribution < 1.29 is 18.1 Å². The summed E-state index contributed by atoms with van der Waals surface area (Å²) in [5.74, 6) is -0.490. The molecular weight excluding hydrogens is 370 g/mol. The van der Waals surface area contributed by atoms with Crippen LogP contribution in [0.5, 0.6) is 0 Å². The van der Waals surface area contributed by atoms with E-state index in [-0.39, 0.29) is 17.1 Å². The first kappa shape index (κ1) is 19.0. The first-order chi connectivity index (χ1) is 12.8. The Balaban J connectivity index is 1.85. The van der Waals surface area contributed by atoms with Crippen LogP contribution in [0.1, 0.15) is 18.4 Å². The molecule has 0 radical (unpaired) electrons. The van der Waals surface area contributed by atoms with Crippen molar-refractivity contribution in [3.05, 3.63) is 64.2 Å². The van der Waals surface area contributed by atoms with Gasteiger partial charge in [0, 0.05) is 18.7 Å². The lowest BCUT2D eigenvalue weighted by atomic mass is 10.1. The van der Waals surface area contributed by atoms with E-state index in [0.717, 1.165) is 0 Å². The van der Waals surface area contributed by atoms with Gasteiger partial charge < -0.3 is 5.32 Å². The number of benzene rings is 2. The van der Waals surface area contributed by atoms with E-state index in [4.69, 9.17) is 0 Å². The maximum absolute atomic E-state index is 12.9. The number of carbonyl (C=O) groups is 1.